The third kappa shape index (κ3) is 2.86. The molecule has 0 bridgehead atoms. The van der Waals surface area contributed by atoms with E-state index < -0.39 is 0 Å². The van der Waals surface area contributed by atoms with Crippen LogP contribution in [0.25, 0.3) is 10.8 Å². The number of nitrogens with zero attached hydrogens (tertiary/aromatic N) is 2. The predicted octanol–water partition coefficient (Wildman–Crippen LogP) is 4.29. The lowest BCUT2D eigenvalue weighted by atomic mass is 9.84. The van der Waals surface area contributed by atoms with Crippen molar-refractivity contribution in [2.45, 2.75) is 37.9 Å². The molecular formula is C20H23BrN2O2. The average molecular weight is 403 g/mol. The summed E-state index contributed by atoms with van der Waals surface area (Å²) in [7, 11) is 0. The molecule has 2 aliphatic heterocycles. The van der Waals surface area contributed by atoms with Crippen LogP contribution in [0.5, 0.6) is 0 Å². The number of halogens is 1. The number of pyridine rings is 1. The van der Waals surface area contributed by atoms with Crippen LogP contribution in [-0.4, -0.2) is 37.1 Å². The Labute approximate surface area is 156 Å². The van der Waals surface area contributed by atoms with Crippen LogP contribution >= 0.6 is 15.9 Å². The first kappa shape index (κ1) is 16.0. The van der Waals surface area contributed by atoms with Crippen LogP contribution in [0.1, 0.15) is 31.2 Å². The summed E-state index contributed by atoms with van der Waals surface area (Å²) in [4.78, 5) is 7.00. The maximum atomic E-state index is 5.88. The topological polar surface area (TPSA) is 34.6 Å². The van der Waals surface area contributed by atoms with Crippen molar-refractivity contribution in [1.82, 2.24) is 4.98 Å². The lowest BCUT2D eigenvalue weighted by Crippen LogP contribution is -2.40. The number of aromatic nitrogens is 1. The maximum absolute atomic E-state index is 5.88. The highest BCUT2D eigenvalue weighted by Gasteiger charge is 2.40. The van der Waals surface area contributed by atoms with Gasteiger partial charge in [-0.3, -0.25) is 4.98 Å². The van der Waals surface area contributed by atoms with Gasteiger partial charge in [0.1, 0.15) is 0 Å². The molecular weight excluding hydrogens is 380 g/mol. The van der Waals surface area contributed by atoms with Crippen molar-refractivity contribution >= 4 is 32.4 Å². The Hall–Kier alpha value is -1.17. The fraction of sp³-hybridized carbons (Fsp3) is 0.550. The molecule has 1 spiro atoms. The van der Waals surface area contributed by atoms with Crippen molar-refractivity contribution in [3.63, 3.8) is 0 Å². The largest absolute Gasteiger partial charge is 0.370 e. The minimum Gasteiger partial charge on any atom is -0.370 e. The zero-order valence-electron chi connectivity index (χ0n) is 14.3. The molecule has 5 heteroatoms. The molecule has 1 aromatic carbocycles. The predicted molar refractivity (Wildman–Crippen MR) is 102 cm³/mol. The Morgan fingerprint density at radius 3 is 2.76 bits per heavy atom. The molecule has 2 aromatic rings. The molecule has 2 fully saturated rings. The summed E-state index contributed by atoms with van der Waals surface area (Å²) in [6.45, 7) is 3.73. The molecule has 0 amide bonds. The van der Waals surface area contributed by atoms with Gasteiger partial charge >= 0.3 is 0 Å². The van der Waals surface area contributed by atoms with Crippen LogP contribution in [0, 0.1) is 5.92 Å². The molecule has 0 atom stereocenters. The van der Waals surface area contributed by atoms with Crippen LogP contribution < -0.4 is 4.90 Å². The highest BCUT2D eigenvalue weighted by atomic mass is 79.9. The molecule has 0 radical (unpaired) electrons. The molecule has 1 saturated heterocycles. The van der Waals surface area contributed by atoms with E-state index in [2.05, 4.69) is 37.9 Å². The lowest BCUT2D eigenvalue weighted by Gasteiger charge is -2.39. The maximum Gasteiger partial charge on any atom is 0.168 e. The fourth-order valence-electron chi connectivity index (χ4n) is 4.74. The normalized spacial score (nSPS) is 22.8. The van der Waals surface area contributed by atoms with Gasteiger partial charge in [0.25, 0.3) is 0 Å². The SMILES string of the molecule is Brc1cc2c3c(cncc3c1)CCN2CC1CCC2(CC1)OCCO2. The van der Waals surface area contributed by atoms with Gasteiger partial charge in [0.15, 0.2) is 5.79 Å². The Balaban J connectivity index is 1.38. The summed E-state index contributed by atoms with van der Waals surface area (Å²) in [5.41, 5.74) is 2.74. The Bertz CT molecular complexity index is 794. The van der Waals surface area contributed by atoms with E-state index in [0.717, 1.165) is 56.0 Å². The van der Waals surface area contributed by atoms with Gasteiger partial charge in [0.2, 0.25) is 0 Å². The van der Waals surface area contributed by atoms with E-state index in [9.17, 15) is 0 Å². The van der Waals surface area contributed by atoms with Crippen LogP contribution in [0.15, 0.2) is 29.0 Å². The number of hydrogen-bond acceptors (Lipinski definition) is 4. The molecule has 1 aromatic heterocycles. The van der Waals surface area contributed by atoms with Crippen molar-refractivity contribution in [2.75, 3.05) is 31.2 Å². The highest BCUT2D eigenvalue weighted by Crippen LogP contribution is 2.41. The molecule has 3 heterocycles. The Morgan fingerprint density at radius 2 is 1.96 bits per heavy atom. The third-order valence-electron chi connectivity index (χ3n) is 6.03. The Kier molecular flexibility index (Phi) is 3.99. The number of hydrogen-bond donors (Lipinski definition) is 0. The van der Waals surface area contributed by atoms with Crippen molar-refractivity contribution < 1.29 is 9.47 Å². The molecule has 4 nitrogen and oxygen atoms in total. The minimum atomic E-state index is -0.250. The number of ether oxygens (including phenoxy) is 2. The summed E-state index contributed by atoms with van der Waals surface area (Å²) in [5, 5.41) is 2.63. The number of rotatable bonds is 2. The van der Waals surface area contributed by atoms with E-state index in [0.29, 0.717) is 0 Å². The standard InChI is InChI=1S/C20H23BrN2O2/c21-17-9-16-12-22-11-15-3-6-23(18(10-17)19(15)16)13-14-1-4-20(5-2-14)24-7-8-25-20/h9-12,14H,1-8,13H2. The zero-order valence-corrected chi connectivity index (χ0v) is 15.9. The molecule has 3 aliphatic rings. The van der Waals surface area contributed by atoms with Crippen LogP contribution in [0.3, 0.4) is 0 Å². The van der Waals surface area contributed by atoms with Gasteiger partial charge in [-0.05, 0) is 42.9 Å². The van der Waals surface area contributed by atoms with Gasteiger partial charge in [-0.15, -0.1) is 0 Å². The van der Waals surface area contributed by atoms with E-state index in [4.69, 9.17) is 9.47 Å². The van der Waals surface area contributed by atoms with E-state index in [-0.39, 0.29) is 5.79 Å². The van der Waals surface area contributed by atoms with Gasteiger partial charge < -0.3 is 14.4 Å². The smallest absolute Gasteiger partial charge is 0.168 e. The quantitative estimate of drug-likeness (QED) is 0.749. The monoisotopic (exact) mass is 402 g/mol. The molecule has 5 rings (SSSR count). The summed E-state index contributed by atoms with van der Waals surface area (Å²) in [5.74, 6) is 0.468. The van der Waals surface area contributed by atoms with Crippen LogP contribution in [0.2, 0.25) is 0 Å². The first-order chi connectivity index (χ1) is 12.2. The molecule has 0 N–H and O–H groups in total. The second kappa shape index (κ2) is 6.22. The van der Waals surface area contributed by atoms with Gasteiger partial charge in [0.05, 0.1) is 13.2 Å². The first-order valence-corrected chi connectivity index (χ1v) is 10.1. The summed E-state index contributed by atoms with van der Waals surface area (Å²) in [6, 6.07) is 4.45. The van der Waals surface area contributed by atoms with Gasteiger partial charge in [-0.25, -0.2) is 0 Å². The van der Waals surface area contributed by atoms with Gasteiger partial charge in [-0.2, -0.15) is 0 Å². The summed E-state index contributed by atoms with van der Waals surface area (Å²) >= 11 is 3.68. The second-order valence-electron chi connectivity index (χ2n) is 7.57. The third-order valence-corrected chi connectivity index (χ3v) is 6.49. The van der Waals surface area contributed by atoms with Crippen LogP contribution in [-0.2, 0) is 15.9 Å². The van der Waals surface area contributed by atoms with E-state index >= 15 is 0 Å². The Morgan fingerprint density at radius 1 is 1.16 bits per heavy atom. The van der Waals surface area contributed by atoms with Crippen molar-refractivity contribution in [3.05, 3.63) is 34.6 Å². The number of benzene rings is 1. The van der Waals surface area contributed by atoms with E-state index in [1.54, 1.807) is 0 Å². The minimum absolute atomic E-state index is 0.250. The zero-order chi connectivity index (χ0) is 16.9. The molecule has 1 saturated carbocycles. The van der Waals surface area contributed by atoms with Crippen molar-refractivity contribution in [2.24, 2.45) is 5.92 Å². The molecule has 25 heavy (non-hydrogen) atoms. The summed E-state index contributed by atoms with van der Waals surface area (Å²) < 4.78 is 12.9. The molecule has 0 unspecified atom stereocenters. The molecule has 132 valence electrons. The molecule has 1 aliphatic carbocycles. The fourth-order valence-corrected chi connectivity index (χ4v) is 5.20. The van der Waals surface area contributed by atoms with E-state index in [1.165, 1.54) is 34.9 Å². The van der Waals surface area contributed by atoms with E-state index in [1.807, 2.05) is 12.4 Å². The van der Waals surface area contributed by atoms with Gasteiger partial charge in [-0.1, -0.05) is 15.9 Å². The van der Waals surface area contributed by atoms with Crippen molar-refractivity contribution in [3.8, 4) is 0 Å². The van der Waals surface area contributed by atoms with Crippen molar-refractivity contribution in [1.29, 1.82) is 0 Å². The van der Waals surface area contributed by atoms with Gasteiger partial charge in [0, 0.05) is 59.3 Å². The highest BCUT2D eigenvalue weighted by molar-refractivity contribution is 9.10. The number of anilines is 1. The second-order valence-corrected chi connectivity index (χ2v) is 8.48. The van der Waals surface area contributed by atoms with Crippen LogP contribution in [0.4, 0.5) is 5.69 Å². The summed E-state index contributed by atoms with van der Waals surface area (Å²) in [6.07, 6.45) is 9.57. The first-order valence-electron chi connectivity index (χ1n) is 9.31. The lowest BCUT2D eigenvalue weighted by molar-refractivity contribution is -0.182. The average Bonchev–Trinajstić information content (AvgIpc) is 3.07.